The predicted molar refractivity (Wildman–Crippen MR) is 177 cm³/mol. The number of benzene rings is 4. The SMILES string of the molecule is CCCCCC[Si](C)(C1=Cc2c(cccc2-c2ccc(C)cc2)C1)C1=Cc2c(cccc2-c2ccc(C)cc2)C1. The molecule has 0 aromatic heterocycles. The Balaban J connectivity index is 1.40. The molecule has 4 aromatic carbocycles. The first-order valence-electron chi connectivity index (χ1n) is 15.3. The van der Waals surface area contributed by atoms with Crippen LogP contribution in [0.1, 0.15) is 66.0 Å². The summed E-state index contributed by atoms with van der Waals surface area (Å²) in [6.45, 7) is 9.35. The van der Waals surface area contributed by atoms with Crippen LogP contribution in [-0.4, -0.2) is 8.07 Å². The van der Waals surface area contributed by atoms with Gasteiger partial charge in [-0.2, -0.15) is 0 Å². The van der Waals surface area contributed by atoms with Gasteiger partial charge in [-0.25, -0.2) is 0 Å². The minimum Gasteiger partial charge on any atom is -0.0712 e. The molecule has 0 saturated carbocycles. The van der Waals surface area contributed by atoms with E-state index in [-0.39, 0.29) is 0 Å². The third-order valence-electron chi connectivity index (χ3n) is 9.46. The van der Waals surface area contributed by atoms with Crippen LogP contribution in [0.25, 0.3) is 34.4 Å². The maximum absolute atomic E-state index is 2.69. The number of unbranched alkanes of at least 4 members (excludes halogenated alkanes) is 3. The quantitative estimate of drug-likeness (QED) is 0.147. The number of hydrogen-bond acceptors (Lipinski definition) is 0. The van der Waals surface area contributed by atoms with Crippen molar-refractivity contribution >= 4 is 20.2 Å². The summed E-state index contributed by atoms with van der Waals surface area (Å²) in [6.07, 6.45) is 12.8. The van der Waals surface area contributed by atoms with Gasteiger partial charge in [-0.1, -0.05) is 164 Å². The largest absolute Gasteiger partial charge is 0.106 e. The Bertz CT molecular complexity index is 1470. The highest BCUT2D eigenvalue weighted by Crippen LogP contribution is 2.45. The molecular weight excluding hydrogens is 497 g/mol. The maximum atomic E-state index is 2.69. The van der Waals surface area contributed by atoms with Gasteiger partial charge in [0.1, 0.15) is 8.07 Å². The Hall–Kier alpha value is -3.42. The molecule has 0 unspecified atom stereocenters. The third-order valence-corrected chi connectivity index (χ3v) is 14.3. The summed E-state index contributed by atoms with van der Waals surface area (Å²) in [7, 11) is -1.87. The van der Waals surface area contributed by atoms with Crippen molar-refractivity contribution in [3.63, 3.8) is 0 Å². The van der Waals surface area contributed by atoms with Gasteiger partial charge in [0.25, 0.3) is 0 Å². The summed E-state index contributed by atoms with van der Waals surface area (Å²) in [6, 6.07) is 33.4. The molecule has 40 heavy (non-hydrogen) atoms. The molecule has 0 atom stereocenters. The zero-order valence-corrected chi connectivity index (χ0v) is 25.7. The minimum atomic E-state index is -1.87. The highest BCUT2D eigenvalue weighted by molar-refractivity contribution is 6.93. The third kappa shape index (κ3) is 5.08. The van der Waals surface area contributed by atoms with Gasteiger partial charge in [0, 0.05) is 0 Å². The molecule has 0 bridgehead atoms. The van der Waals surface area contributed by atoms with Crippen molar-refractivity contribution in [1.82, 2.24) is 0 Å². The van der Waals surface area contributed by atoms with Gasteiger partial charge in [0.05, 0.1) is 0 Å². The molecule has 0 amide bonds. The molecule has 1 heteroatoms. The van der Waals surface area contributed by atoms with Crippen molar-refractivity contribution in [2.75, 3.05) is 0 Å². The molecule has 0 aliphatic heterocycles. The van der Waals surface area contributed by atoms with E-state index in [4.69, 9.17) is 0 Å². The van der Waals surface area contributed by atoms with Crippen LogP contribution in [0.4, 0.5) is 0 Å². The fourth-order valence-corrected chi connectivity index (χ4v) is 10.9. The molecule has 4 aromatic rings. The van der Waals surface area contributed by atoms with Crippen LogP contribution in [0.5, 0.6) is 0 Å². The molecular formula is C39H42Si. The lowest BCUT2D eigenvalue weighted by Gasteiger charge is -2.31. The molecule has 0 N–H and O–H groups in total. The summed E-state index contributed by atoms with van der Waals surface area (Å²) in [4.78, 5) is 0. The van der Waals surface area contributed by atoms with Crippen LogP contribution in [0, 0.1) is 13.8 Å². The number of rotatable bonds is 9. The number of aryl methyl sites for hydroxylation is 2. The van der Waals surface area contributed by atoms with E-state index >= 15 is 0 Å². The average molecular weight is 539 g/mol. The van der Waals surface area contributed by atoms with E-state index in [0.717, 1.165) is 12.8 Å². The smallest absolute Gasteiger partial charge is 0.0712 e. The first-order chi connectivity index (χ1) is 19.5. The molecule has 0 fully saturated rings. The van der Waals surface area contributed by atoms with Crippen molar-refractivity contribution in [1.29, 1.82) is 0 Å². The Kier molecular flexibility index (Phi) is 7.51. The van der Waals surface area contributed by atoms with Gasteiger partial charge in [0.2, 0.25) is 0 Å². The van der Waals surface area contributed by atoms with Gasteiger partial charge in [0.15, 0.2) is 0 Å². The van der Waals surface area contributed by atoms with E-state index in [0.29, 0.717) is 0 Å². The van der Waals surface area contributed by atoms with E-state index < -0.39 is 8.07 Å². The molecule has 0 saturated heterocycles. The lowest BCUT2D eigenvalue weighted by atomic mass is 9.97. The zero-order chi connectivity index (χ0) is 27.7. The molecule has 0 heterocycles. The second-order valence-corrected chi connectivity index (χ2v) is 16.8. The Morgan fingerprint density at radius 1 is 0.575 bits per heavy atom. The zero-order valence-electron chi connectivity index (χ0n) is 24.7. The van der Waals surface area contributed by atoms with E-state index in [1.54, 1.807) is 10.4 Å². The van der Waals surface area contributed by atoms with Gasteiger partial charge < -0.3 is 0 Å². The molecule has 0 nitrogen and oxygen atoms in total. The van der Waals surface area contributed by atoms with Crippen molar-refractivity contribution in [2.24, 2.45) is 0 Å². The van der Waals surface area contributed by atoms with Crippen molar-refractivity contribution < 1.29 is 0 Å². The molecule has 0 radical (unpaired) electrons. The second-order valence-electron chi connectivity index (χ2n) is 12.3. The predicted octanol–water partition coefficient (Wildman–Crippen LogP) is 11.0. The summed E-state index contributed by atoms with van der Waals surface area (Å²) in [5.41, 5.74) is 14.0. The van der Waals surface area contributed by atoms with Crippen LogP contribution in [0.15, 0.2) is 95.3 Å². The molecule has 202 valence electrons. The first-order valence-corrected chi connectivity index (χ1v) is 18.0. The summed E-state index contributed by atoms with van der Waals surface area (Å²) >= 11 is 0. The van der Waals surface area contributed by atoms with E-state index in [1.165, 1.54) is 87.4 Å². The lowest BCUT2D eigenvalue weighted by Crippen LogP contribution is -2.36. The van der Waals surface area contributed by atoms with Crippen LogP contribution in [-0.2, 0) is 12.8 Å². The van der Waals surface area contributed by atoms with E-state index in [2.05, 4.69) is 124 Å². The molecule has 6 rings (SSSR count). The van der Waals surface area contributed by atoms with E-state index in [1.807, 2.05) is 0 Å². The van der Waals surface area contributed by atoms with Gasteiger partial charge in [-0.3, -0.25) is 0 Å². The fraction of sp³-hybridized carbons (Fsp3) is 0.282. The molecule has 0 spiro atoms. The highest BCUT2D eigenvalue weighted by atomic mass is 28.3. The highest BCUT2D eigenvalue weighted by Gasteiger charge is 2.39. The van der Waals surface area contributed by atoms with Crippen molar-refractivity contribution in [3.8, 4) is 22.3 Å². The minimum absolute atomic E-state index is 1.12. The number of fused-ring (bicyclic) bond motifs is 2. The van der Waals surface area contributed by atoms with Crippen LogP contribution >= 0.6 is 0 Å². The monoisotopic (exact) mass is 538 g/mol. The number of hydrogen-bond donors (Lipinski definition) is 0. The maximum Gasteiger partial charge on any atom is 0.106 e. The Labute approximate surface area is 242 Å². The standard InChI is InChI=1S/C39H42Si/c1-5-6-7-8-23-40(4,34-24-32-11-9-13-36(38(32)26-34)30-19-15-28(2)16-20-30)35-25-33-12-10-14-37(39(33)27-35)31-21-17-29(3)18-22-31/h9-22,26-27H,5-8,23-25H2,1-4H3. The first kappa shape index (κ1) is 26.8. The second kappa shape index (κ2) is 11.2. The Morgan fingerprint density at radius 2 is 1.05 bits per heavy atom. The number of allylic oxidation sites excluding steroid dienone is 2. The Morgan fingerprint density at radius 3 is 1.50 bits per heavy atom. The molecule has 2 aliphatic carbocycles. The summed E-state index contributed by atoms with van der Waals surface area (Å²) < 4.78 is 0. The normalized spacial score (nSPS) is 14.1. The van der Waals surface area contributed by atoms with Crippen LogP contribution in [0.3, 0.4) is 0 Å². The van der Waals surface area contributed by atoms with Crippen molar-refractivity contribution in [3.05, 3.63) is 129 Å². The fourth-order valence-electron chi connectivity index (χ4n) is 6.85. The molecule has 2 aliphatic rings. The van der Waals surface area contributed by atoms with Gasteiger partial charge in [-0.05, 0) is 71.2 Å². The van der Waals surface area contributed by atoms with E-state index in [9.17, 15) is 0 Å². The average Bonchev–Trinajstić information content (AvgIpc) is 3.62. The summed E-state index contributed by atoms with van der Waals surface area (Å²) in [5, 5.41) is 3.46. The van der Waals surface area contributed by atoms with Crippen LogP contribution in [0.2, 0.25) is 12.6 Å². The summed E-state index contributed by atoms with van der Waals surface area (Å²) in [5.74, 6) is 0. The van der Waals surface area contributed by atoms with Gasteiger partial charge in [-0.15, -0.1) is 0 Å². The van der Waals surface area contributed by atoms with Crippen LogP contribution < -0.4 is 0 Å². The van der Waals surface area contributed by atoms with Gasteiger partial charge >= 0.3 is 0 Å². The topological polar surface area (TPSA) is 0 Å². The lowest BCUT2D eigenvalue weighted by molar-refractivity contribution is 0.697. The van der Waals surface area contributed by atoms with Crippen molar-refractivity contribution in [2.45, 2.75) is 71.9 Å².